The van der Waals surface area contributed by atoms with Crippen LogP contribution >= 0.6 is 0 Å². The van der Waals surface area contributed by atoms with E-state index in [0.29, 0.717) is 16.8 Å². The molecule has 5 heteroatoms. The Balaban J connectivity index is 1.97. The fourth-order valence-corrected chi connectivity index (χ4v) is 2.17. The van der Waals surface area contributed by atoms with E-state index in [-0.39, 0.29) is 11.7 Å². The van der Waals surface area contributed by atoms with Crippen molar-refractivity contribution in [3.05, 3.63) is 60.3 Å². The summed E-state index contributed by atoms with van der Waals surface area (Å²) in [5.41, 5.74) is 1.89. The minimum Gasteiger partial charge on any atom is -0.340 e. The molecule has 4 nitrogen and oxygen atoms in total. The maximum atomic E-state index is 13.2. The van der Waals surface area contributed by atoms with Crippen LogP contribution in [0, 0.1) is 5.82 Å². The Morgan fingerprint density at radius 3 is 2.90 bits per heavy atom. The van der Waals surface area contributed by atoms with Gasteiger partial charge in [-0.15, -0.1) is 0 Å². The van der Waals surface area contributed by atoms with E-state index >= 15 is 0 Å². The van der Waals surface area contributed by atoms with Gasteiger partial charge in [-0.3, -0.25) is 9.78 Å². The maximum absolute atomic E-state index is 13.2. The van der Waals surface area contributed by atoms with E-state index in [1.165, 1.54) is 12.1 Å². The summed E-state index contributed by atoms with van der Waals surface area (Å²) in [6.07, 6.45) is 3.20. The molecule has 2 aromatic heterocycles. The SMILES string of the molecule is Cn1c(C(=O)Nc2cccnc2)cc2cc(F)ccc21. The van der Waals surface area contributed by atoms with Crippen LogP contribution in [0.5, 0.6) is 0 Å². The van der Waals surface area contributed by atoms with Crippen LogP contribution in [0.1, 0.15) is 10.5 Å². The predicted molar refractivity (Wildman–Crippen MR) is 75.1 cm³/mol. The van der Waals surface area contributed by atoms with Gasteiger partial charge in [-0.2, -0.15) is 0 Å². The Morgan fingerprint density at radius 2 is 2.15 bits per heavy atom. The lowest BCUT2D eigenvalue weighted by atomic mass is 10.2. The molecule has 1 aromatic carbocycles. The summed E-state index contributed by atoms with van der Waals surface area (Å²) >= 11 is 0. The van der Waals surface area contributed by atoms with Crippen LogP contribution in [0.4, 0.5) is 10.1 Å². The number of anilines is 1. The van der Waals surface area contributed by atoms with Gasteiger partial charge in [0.15, 0.2) is 0 Å². The molecule has 0 aliphatic heterocycles. The van der Waals surface area contributed by atoms with Gasteiger partial charge in [0, 0.05) is 24.1 Å². The lowest BCUT2D eigenvalue weighted by Crippen LogP contribution is -2.15. The zero-order valence-electron chi connectivity index (χ0n) is 10.8. The Hall–Kier alpha value is -2.69. The van der Waals surface area contributed by atoms with E-state index in [9.17, 15) is 9.18 Å². The number of aromatic nitrogens is 2. The van der Waals surface area contributed by atoms with Gasteiger partial charge < -0.3 is 9.88 Å². The Bertz CT molecular complexity index is 780. The number of carbonyl (C=O) groups is 1. The zero-order valence-corrected chi connectivity index (χ0v) is 10.8. The smallest absolute Gasteiger partial charge is 0.272 e. The quantitative estimate of drug-likeness (QED) is 0.777. The van der Waals surface area contributed by atoms with E-state index in [4.69, 9.17) is 0 Å². The molecule has 1 N–H and O–H groups in total. The van der Waals surface area contributed by atoms with E-state index in [1.54, 1.807) is 48.3 Å². The minimum absolute atomic E-state index is 0.253. The van der Waals surface area contributed by atoms with Crippen molar-refractivity contribution in [2.24, 2.45) is 7.05 Å². The van der Waals surface area contributed by atoms with Crippen molar-refractivity contribution in [1.29, 1.82) is 0 Å². The highest BCUT2D eigenvalue weighted by atomic mass is 19.1. The summed E-state index contributed by atoms with van der Waals surface area (Å²) in [7, 11) is 1.78. The van der Waals surface area contributed by atoms with Crippen LogP contribution in [0.15, 0.2) is 48.8 Å². The number of fused-ring (bicyclic) bond motifs is 1. The highest BCUT2D eigenvalue weighted by molar-refractivity contribution is 6.06. The van der Waals surface area contributed by atoms with E-state index in [1.807, 2.05) is 0 Å². The van der Waals surface area contributed by atoms with Gasteiger partial charge in [0.25, 0.3) is 5.91 Å². The van der Waals surface area contributed by atoms with Crippen molar-refractivity contribution in [3.8, 4) is 0 Å². The predicted octanol–water partition coefficient (Wildman–Crippen LogP) is 2.96. The van der Waals surface area contributed by atoms with Crippen LogP contribution in [0.25, 0.3) is 10.9 Å². The van der Waals surface area contributed by atoms with Crippen molar-refractivity contribution in [2.75, 3.05) is 5.32 Å². The third-order valence-corrected chi connectivity index (χ3v) is 3.16. The van der Waals surface area contributed by atoms with Crippen LogP contribution in [0.2, 0.25) is 0 Å². The van der Waals surface area contributed by atoms with Crippen LogP contribution in [-0.4, -0.2) is 15.5 Å². The molecule has 1 amide bonds. The number of pyridine rings is 1. The second kappa shape index (κ2) is 4.77. The van der Waals surface area contributed by atoms with Crippen LogP contribution in [0.3, 0.4) is 0 Å². The van der Waals surface area contributed by atoms with Crippen molar-refractivity contribution in [1.82, 2.24) is 9.55 Å². The van der Waals surface area contributed by atoms with Gasteiger partial charge in [0.2, 0.25) is 0 Å². The summed E-state index contributed by atoms with van der Waals surface area (Å²) in [5, 5.41) is 3.46. The first-order valence-electron chi connectivity index (χ1n) is 6.11. The number of amides is 1. The largest absolute Gasteiger partial charge is 0.340 e. The number of halogens is 1. The molecule has 0 aliphatic carbocycles. The summed E-state index contributed by atoms with van der Waals surface area (Å²) in [5.74, 6) is -0.570. The molecule has 0 aliphatic rings. The summed E-state index contributed by atoms with van der Waals surface area (Å²) in [6.45, 7) is 0. The minimum atomic E-state index is -0.317. The first-order valence-corrected chi connectivity index (χ1v) is 6.11. The van der Waals surface area contributed by atoms with Crippen molar-refractivity contribution < 1.29 is 9.18 Å². The molecular formula is C15H12FN3O. The van der Waals surface area contributed by atoms with Gasteiger partial charge in [0.1, 0.15) is 11.5 Å². The number of benzene rings is 1. The molecule has 0 saturated carbocycles. The third kappa shape index (κ3) is 2.14. The number of rotatable bonds is 2. The number of carbonyl (C=O) groups excluding carboxylic acids is 1. The molecule has 3 rings (SSSR count). The lowest BCUT2D eigenvalue weighted by Gasteiger charge is -2.05. The molecule has 0 fully saturated rings. The molecule has 100 valence electrons. The van der Waals surface area contributed by atoms with Crippen molar-refractivity contribution in [3.63, 3.8) is 0 Å². The van der Waals surface area contributed by atoms with Gasteiger partial charge in [0.05, 0.1) is 11.9 Å². The Labute approximate surface area is 114 Å². The number of nitrogens with zero attached hydrogens (tertiary/aromatic N) is 2. The number of hydrogen-bond acceptors (Lipinski definition) is 2. The van der Waals surface area contributed by atoms with E-state index in [2.05, 4.69) is 10.3 Å². The molecule has 0 radical (unpaired) electrons. The number of nitrogens with one attached hydrogen (secondary N) is 1. The average molecular weight is 269 g/mol. The van der Waals surface area contributed by atoms with Gasteiger partial charge in [-0.1, -0.05) is 0 Å². The highest BCUT2D eigenvalue weighted by Crippen LogP contribution is 2.20. The monoisotopic (exact) mass is 269 g/mol. The van der Waals surface area contributed by atoms with Gasteiger partial charge in [-0.25, -0.2) is 4.39 Å². The summed E-state index contributed by atoms with van der Waals surface area (Å²) in [6, 6.07) is 9.62. The number of hydrogen-bond donors (Lipinski definition) is 1. The van der Waals surface area contributed by atoms with Crippen molar-refractivity contribution in [2.45, 2.75) is 0 Å². The standard InChI is InChI=1S/C15H12FN3O/c1-19-13-5-4-11(16)7-10(13)8-14(19)15(20)18-12-3-2-6-17-9-12/h2-9H,1H3,(H,18,20). The van der Waals surface area contributed by atoms with Gasteiger partial charge >= 0.3 is 0 Å². The third-order valence-electron chi connectivity index (χ3n) is 3.16. The fourth-order valence-electron chi connectivity index (χ4n) is 2.17. The molecule has 20 heavy (non-hydrogen) atoms. The molecule has 0 bridgehead atoms. The maximum Gasteiger partial charge on any atom is 0.272 e. The lowest BCUT2D eigenvalue weighted by molar-refractivity contribution is 0.101. The molecular weight excluding hydrogens is 257 g/mol. The van der Waals surface area contributed by atoms with E-state index in [0.717, 1.165) is 5.52 Å². The molecule has 3 aromatic rings. The number of aryl methyl sites for hydroxylation is 1. The molecule has 0 atom stereocenters. The Kier molecular flexibility index (Phi) is 2.95. The zero-order chi connectivity index (χ0) is 14.1. The van der Waals surface area contributed by atoms with Crippen LogP contribution in [-0.2, 0) is 7.05 Å². The van der Waals surface area contributed by atoms with Crippen LogP contribution < -0.4 is 5.32 Å². The normalized spacial score (nSPS) is 10.7. The first kappa shape index (κ1) is 12.3. The first-order chi connectivity index (χ1) is 9.65. The Morgan fingerprint density at radius 1 is 1.30 bits per heavy atom. The second-order valence-corrected chi connectivity index (χ2v) is 4.49. The molecule has 0 saturated heterocycles. The molecule has 0 unspecified atom stereocenters. The van der Waals surface area contributed by atoms with Crippen molar-refractivity contribution >= 4 is 22.5 Å². The summed E-state index contributed by atoms with van der Waals surface area (Å²) in [4.78, 5) is 16.2. The van der Waals surface area contributed by atoms with E-state index < -0.39 is 0 Å². The molecule has 2 heterocycles. The second-order valence-electron chi connectivity index (χ2n) is 4.49. The molecule has 0 spiro atoms. The summed E-state index contributed by atoms with van der Waals surface area (Å²) < 4.78 is 14.9. The highest BCUT2D eigenvalue weighted by Gasteiger charge is 2.13. The topological polar surface area (TPSA) is 46.9 Å². The fraction of sp³-hybridized carbons (Fsp3) is 0.0667. The van der Waals surface area contributed by atoms with Gasteiger partial charge in [-0.05, 0) is 36.4 Å². The average Bonchev–Trinajstić information content (AvgIpc) is 2.76.